The minimum absolute atomic E-state index is 0.192. The Bertz CT molecular complexity index is 382. The van der Waals surface area contributed by atoms with Gasteiger partial charge in [0.05, 0.1) is 6.54 Å². The summed E-state index contributed by atoms with van der Waals surface area (Å²) in [5.41, 5.74) is 3.69. The zero-order valence-electron chi connectivity index (χ0n) is 10.9. The molecule has 0 aliphatic heterocycles. The van der Waals surface area contributed by atoms with Crippen molar-refractivity contribution in [3.63, 3.8) is 0 Å². The summed E-state index contributed by atoms with van der Waals surface area (Å²) >= 11 is 0. The summed E-state index contributed by atoms with van der Waals surface area (Å²) in [5, 5.41) is 0. The number of hydrogen-bond acceptors (Lipinski definition) is 2. The van der Waals surface area contributed by atoms with Gasteiger partial charge in [-0.1, -0.05) is 26.0 Å². The van der Waals surface area contributed by atoms with Crippen LogP contribution in [0.4, 0.5) is 5.69 Å². The molecule has 1 aromatic carbocycles. The van der Waals surface area contributed by atoms with Gasteiger partial charge in [0, 0.05) is 12.7 Å². The molecule has 0 fully saturated rings. The van der Waals surface area contributed by atoms with Gasteiger partial charge in [0.25, 0.3) is 0 Å². The maximum absolute atomic E-state index is 11.1. The normalized spacial score (nSPS) is 10.6. The zero-order chi connectivity index (χ0) is 12.3. The molecule has 0 atom stereocenters. The molecule has 1 rings (SSSR count). The van der Waals surface area contributed by atoms with Gasteiger partial charge < -0.3 is 4.90 Å². The number of nitrogens with zero attached hydrogens (tertiary/aromatic N) is 1. The Labute approximate surface area is 98.3 Å². The molecule has 0 amide bonds. The Hall–Kier alpha value is -1.31. The molecule has 0 unspecified atom stereocenters. The molecule has 88 valence electrons. The lowest BCUT2D eigenvalue weighted by Gasteiger charge is -2.21. The van der Waals surface area contributed by atoms with Crippen LogP contribution in [0.3, 0.4) is 0 Å². The molecule has 0 radical (unpaired) electrons. The Morgan fingerprint density at radius 2 is 2.00 bits per heavy atom. The number of benzene rings is 1. The fourth-order valence-corrected chi connectivity index (χ4v) is 1.82. The largest absolute Gasteiger partial charge is 0.367 e. The molecule has 1 aromatic rings. The van der Waals surface area contributed by atoms with Crippen LogP contribution in [0, 0.1) is 6.92 Å². The summed E-state index contributed by atoms with van der Waals surface area (Å²) in [6.45, 7) is 8.54. The van der Waals surface area contributed by atoms with Crippen molar-refractivity contribution in [3.8, 4) is 0 Å². The molecule has 0 N–H and O–H groups in total. The van der Waals surface area contributed by atoms with Gasteiger partial charge in [-0.05, 0) is 37.0 Å². The zero-order valence-corrected chi connectivity index (χ0v) is 10.9. The first-order valence-electron chi connectivity index (χ1n) is 5.73. The molecule has 0 spiro atoms. The number of ketones is 1. The molecule has 2 heteroatoms. The number of likely N-dealkylation sites (N-methyl/N-ethyl adjacent to an activating group) is 1. The monoisotopic (exact) mass is 219 g/mol. The van der Waals surface area contributed by atoms with E-state index in [0.717, 1.165) is 5.69 Å². The second-order valence-electron chi connectivity index (χ2n) is 4.76. The van der Waals surface area contributed by atoms with Crippen LogP contribution in [0.25, 0.3) is 0 Å². The van der Waals surface area contributed by atoms with E-state index in [-0.39, 0.29) is 5.78 Å². The summed E-state index contributed by atoms with van der Waals surface area (Å²) in [6.07, 6.45) is 0. The standard InChI is InChI=1S/C14H21NO/c1-10(2)13-7-6-11(3)14(8-13)15(5)9-12(4)16/h6-8,10H,9H2,1-5H3. The SMILES string of the molecule is CC(=O)CN(C)c1cc(C(C)C)ccc1C. The van der Waals surface area contributed by atoms with E-state index < -0.39 is 0 Å². The first kappa shape index (κ1) is 12.8. The number of anilines is 1. The van der Waals surface area contributed by atoms with Crippen LogP contribution in [0.1, 0.15) is 37.8 Å². The second-order valence-corrected chi connectivity index (χ2v) is 4.76. The average molecular weight is 219 g/mol. The third-order valence-electron chi connectivity index (χ3n) is 2.77. The van der Waals surface area contributed by atoms with Crippen molar-refractivity contribution in [3.05, 3.63) is 29.3 Å². The lowest BCUT2D eigenvalue weighted by atomic mass is 10.0. The van der Waals surface area contributed by atoms with Crippen molar-refractivity contribution in [2.45, 2.75) is 33.6 Å². The molecule has 0 saturated carbocycles. The number of Topliss-reactive ketones (excluding diaryl/α,β-unsaturated/α-hetero) is 1. The topological polar surface area (TPSA) is 20.3 Å². The summed E-state index contributed by atoms with van der Waals surface area (Å²) in [7, 11) is 1.97. The number of aryl methyl sites for hydroxylation is 1. The van der Waals surface area contributed by atoms with E-state index in [1.165, 1.54) is 11.1 Å². The quantitative estimate of drug-likeness (QED) is 0.775. The van der Waals surface area contributed by atoms with Gasteiger partial charge in [0.1, 0.15) is 5.78 Å². The first-order valence-corrected chi connectivity index (χ1v) is 5.73. The first-order chi connectivity index (χ1) is 7.41. The third kappa shape index (κ3) is 3.09. The van der Waals surface area contributed by atoms with Crippen LogP contribution >= 0.6 is 0 Å². The molecular weight excluding hydrogens is 198 g/mol. The highest BCUT2D eigenvalue weighted by Crippen LogP contribution is 2.24. The summed E-state index contributed by atoms with van der Waals surface area (Å²) in [6, 6.07) is 6.47. The molecule has 16 heavy (non-hydrogen) atoms. The predicted octanol–water partition coefficient (Wildman–Crippen LogP) is 3.14. The molecule has 0 aliphatic carbocycles. The number of hydrogen-bond donors (Lipinski definition) is 0. The fourth-order valence-electron chi connectivity index (χ4n) is 1.82. The van der Waals surface area contributed by atoms with Crippen LogP contribution in [0.2, 0.25) is 0 Å². The predicted molar refractivity (Wildman–Crippen MR) is 69.2 cm³/mol. The van der Waals surface area contributed by atoms with Crippen LogP contribution in [0.15, 0.2) is 18.2 Å². The van der Waals surface area contributed by atoms with E-state index in [1.54, 1.807) is 6.92 Å². The molecule has 2 nitrogen and oxygen atoms in total. The van der Waals surface area contributed by atoms with E-state index in [1.807, 2.05) is 11.9 Å². The minimum atomic E-state index is 0.192. The molecule has 0 aromatic heterocycles. The number of rotatable bonds is 4. The van der Waals surface area contributed by atoms with Gasteiger partial charge in [-0.2, -0.15) is 0 Å². The van der Waals surface area contributed by atoms with Gasteiger partial charge in [-0.25, -0.2) is 0 Å². The summed E-state index contributed by atoms with van der Waals surface area (Å²) in [4.78, 5) is 13.1. The third-order valence-corrected chi connectivity index (χ3v) is 2.77. The van der Waals surface area contributed by atoms with Gasteiger partial charge in [-0.3, -0.25) is 4.79 Å². The van der Waals surface area contributed by atoms with Gasteiger partial charge in [0.2, 0.25) is 0 Å². The Morgan fingerprint density at radius 1 is 1.38 bits per heavy atom. The molecule has 0 aliphatic rings. The number of carbonyl (C=O) groups excluding carboxylic acids is 1. The maximum atomic E-state index is 11.1. The van der Waals surface area contributed by atoms with Crippen LogP contribution in [-0.4, -0.2) is 19.4 Å². The van der Waals surface area contributed by atoms with Crippen molar-refractivity contribution in [2.75, 3.05) is 18.5 Å². The van der Waals surface area contributed by atoms with Crippen molar-refractivity contribution in [2.24, 2.45) is 0 Å². The average Bonchev–Trinajstić information content (AvgIpc) is 2.16. The van der Waals surface area contributed by atoms with Crippen molar-refractivity contribution in [1.82, 2.24) is 0 Å². The van der Waals surface area contributed by atoms with Crippen LogP contribution < -0.4 is 4.90 Å². The maximum Gasteiger partial charge on any atom is 0.149 e. The van der Waals surface area contributed by atoms with E-state index in [9.17, 15) is 4.79 Å². The van der Waals surface area contributed by atoms with E-state index in [0.29, 0.717) is 12.5 Å². The van der Waals surface area contributed by atoms with Gasteiger partial charge in [-0.15, -0.1) is 0 Å². The fraction of sp³-hybridized carbons (Fsp3) is 0.500. The van der Waals surface area contributed by atoms with Gasteiger partial charge in [0.15, 0.2) is 0 Å². The van der Waals surface area contributed by atoms with Crippen molar-refractivity contribution >= 4 is 11.5 Å². The van der Waals surface area contributed by atoms with Crippen molar-refractivity contribution < 1.29 is 4.79 Å². The summed E-state index contributed by atoms with van der Waals surface area (Å²) < 4.78 is 0. The lowest BCUT2D eigenvalue weighted by molar-refractivity contribution is -0.115. The molecule has 0 bridgehead atoms. The van der Waals surface area contributed by atoms with E-state index in [4.69, 9.17) is 0 Å². The highest BCUT2D eigenvalue weighted by Gasteiger charge is 2.09. The van der Waals surface area contributed by atoms with Crippen LogP contribution in [0.5, 0.6) is 0 Å². The number of carbonyl (C=O) groups is 1. The summed E-state index contributed by atoms with van der Waals surface area (Å²) in [5.74, 6) is 0.710. The smallest absolute Gasteiger partial charge is 0.149 e. The highest BCUT2D eigenvalue weighted by molar-refractivity contribution is 5.81. The lowest BCUT2D eigenvalue weighted by Crippen LogP contribution is -2.24. The highest BCUT2D eigenvalue weighted by atomic mass is 16.1. The van der Waals surface area contributed by atoms with Gasteiger partial charge >= 0.3 is 0 Å². The minimum Gasteiger partial charge on any atom is -0.367 e. The van der Waals surface area contributed by atoms with Crippen LogP contribution in [-0.2, 0) is 4.79 Å². The Kier molecular flexibility index (Phi) is 4.11. The molecule has 0 heterocycles. The Morgan fingerprint density at radius 3 is 2.50 bits per heavy atom. The molecular formula is C14H21NO. The van der Waals surface area contributed by atoms with Crippen molar-refractivity contribution in [1.29, 1.82) is 0 Å². The van der Waals surface area contributed by atoms with E-state index >= 15 is 0 Å². The van der Waals surface area contributed by atoms with E-state index in [2.05, 4.69) is 39.0 Å². The molecule has 0 saturated heterocycles. The Balaban J connectivity index is 3.01. The second kappa shape index (κ2) is 5.15.